The van der Waals surface area contributed by atoms with Crippen molar-refractivity contribution in [1.29, 1.82) is 0 Å². The molecule has 124 valence electrons. The van der Waals surface area contributed by atoms with E-state index in [1.807, 2.05) is 20.8 Å². The highest BCUT2D eigenvalue weighted by molar-refractivity contribution is 9.09. The third-order valence-electron chi connectivity index (χ3n) is 4.30. The van der Waals surface area contributed by atoms with Crippen LogP contribution in [0.5, 0.6) is 0 Å². The van der Waals surface area contributed by atoms with Crippen LogP contribution in [0.2, 0.25) is 0 Å². The summed E-state index contributed by atoms with van der Waals surface area (Å²) in [6, 6.07) is 0. The summed E-state index contributed by atoms with van der Waals surface area (Å²) in [5.41, 5.74) is -0.649. The highest BCUT2D eigenvalue weighted by atomic mass is 79.9. The van der Waals surface area contributed by atoms with E-state index in [9.17, 15) is 4.79 Å². The first-order chi connectivity index (χ1) is 10.3. The average molecular weight is 372 g/mol. The van der Waals surface area contributed by atoms with E-state index in [0.29, 0.717) is 13.1 Å². The highest BCUT2D eigenvalue weighted by Gasteiger charge is 2.45. The van der Waals surface area contributed by atoms with E-state index in [-0.39, 0.29) is 22.6 Å². The fraction of sp³-hybridized carbons (Fsp3) is 0.824. The van der Waals surface area contributed by atoms with E-state index in [2.05, 4.69) is 21.9 Å². The number of carbonyl (C=O) groups excluding carboxylic acids is 1. The number of amides is 1. The quantitative estimate of drug-likeness (QED) is 0.560. The standard InChI is InChI=1S/C17H26BrNO3/c1-5-14(18)17(9-6-10-17)21-13-7-11-19(12-8-13)15(20)22-16(2,3)4/h1,13-14H,6-12H2,2-4H3. The Labute approximate surface area is 142 Å². The van der Waals surface area contributed by atoms with Crippen molar-refractivity contribution in [3.63, 3.8) is 0 Å². The fourth-order valence-electron chi connectivity index (χ4n) is 2.92. The minimum absolute atomic E-state index is 0.0300. The lowest BCUT2D eigenvalue weighted by Crippen LogP contribution is -2.52. The maximum Gasteiger partial charge on any atom is 0.410 e. The molecule has 1 atom stereocenters. The van der Waals surface area contributed by atoms with Gasteiger partial charge in [0.05, 0.1) is 11.7 Å². The Morgan fingerprint density at radius 1 is 1.36 bits per heavy atom. The second-order valence-electron chi connectivity index (χ2n) is 7.23. The Hall–Kier alpha value is -0.730. The molecule has 1 heterocycles. The molecule has 1 aliphatic heterocycles. The Bertz CT molecular complexity index is 440. The maximum atomic E-state index is 12.1. The van der Waals surface area contributed by atoms with Crippen LogP contribution in [-0.2, 0) is 9.47 Å². The third-order valence-corrected chi connectivity index (χ3v) is 5.40. The van der Waals surface area contributed by atoms with Gasteiger partial charge in [0, 0.05) is 13.1 Å². The van der Waals surface area contributed by atoms with Crippen LogP contribution in [0, 0.1) is 12.3 Å². The van der Waals surface area contributed by atoms with E-state index >= 15 is 0 Å². The molecule has 1 amide bonds. The van der Waals surface area contributed by atoms with Crippen molar-refractivity contribution in [2.75, 3.05) is 13.1 Å². The molecule has 0 N–H and O–H groups in total. The molecular weight excluding hydrogens is 346 g/mol. The Morgan fingerprint density at radius 2 is 1.95 bits per heavy atom. The molecule has 1 saturated carbocycles. The number of carbonyl (C=O) groups is 1. The zero-order valence-corrected chi connectivity index (χ0v) is 15.3. The molecule has 0 radical (unpaired) electrons. The first-order valence-corrected chi connectivity index (χ1v) is 8.93. The van der Waals surface area contributed by atoms with Gasteiger partial charge in [0.25, 0.3) is 0 Å². The van der Waals surface area contributed by atoms with E-state index in [1.165, 1.54) is 6.42 Å². The van der Waals surface area contributed by atoms with Crippen LogP contribution in [0.15, 0.2) is 0 Å². The molecule has 2 aliphatic rings. The molecule has 2 rings (SSSR count). The van der Waals surface area contributed by atoms with Gasteiger partial charge in [0.1, 0.15) is 10.4 Å². The predicted octanol–water partition coefficient (Wildman–Crippen LogP) is 3.72. The van der Waals surface area contributed by atoms with Crippen molar-refractivity contribution < 1.29 is 14.3 Å². The second-order valence-corrected chi connectivity index (χ2v) is 8.15. The van der Waals surface area contributed by atoms with E-state index < -0.39 is 5.60 Å². The van der Waals surface area contributed by atoms with Crippen molar-refractivity contribution in [2.45, 2.75) is 75.0 Å². The molecule has 0 aromatic rings. The molecule has 0 aromatic carbocycles. The second kappa shape index (κ2) is 6.80. The number of hydrogen-bond donors (Lipinski definition) is 0. The maximum absolute atomic E-state index is 12.1. The molecule has 2 fully saturated rings. The zero-order valence-electron chi connectivity index (χ0n) is 13.7. The summed E-state index contributed by atoms with van der Waals surface area (Å²) in [7, 11) is 0. The number of nitrogens with zero attached hydrogens (tertiary/aromatic N) is 1. The van der Waals surface area contributed by atoms with Crippen molar-refractivity contribution in [3.8, 4) is 12.3 Å². The highest BCUT2D eigenvalue weighted by Crippen LogP contribution is 2.43. The molecule has 1 unspecified atom stereocenters. The number of hydrogen-bond acceptors (Lipinski definition) is 3. The number of likely N-dealkylation sites (tertiary alicyclic amines) is 1. The summed E-state index contributed by atoms with van der Waals surface area (Å²) >= 11 is 3.56. The molecule has 1 aliphatic carbocycles. The number of alkyl halides is 1. The summed E-state index contributed by atoms with van der Waals surface area (Å²) in [4.78, 5) is 13.8. The van der Waals surface area contributed by atoms with Crippen LogP contribution in [0.4, 0.5) is 4.79 Å². The molecule has 5 heteroatoms. The van der Waals surface area contributed by atoms with Gasteiger partial charge in [0.2, 0.25) is 0 Å². The van der Waals surface area contributed by atoms with Crippen molar-refractivity contribution in [2.24, 2.45) is 0 Å². The summed E-state index contributed by atoms with van der Waals surface area (Å²) in [6.07, 6.45) is 10.4. The van der Waals surface area contributed by atoms with Crippen LogP contribution in [-0.4, -0.2) is 46.2 Å². The lowest BCUT2D eigenvalue weighted by atomic mass is 9.77. The van der Waals surface area contributed by atoms with Crippen LogP contribution in [0.3, 0.4) is 0 Å². The van der Waals surface area contributed by atoms with E-state index in [0.717, 1.165) is 25.7 Å². The van der Waals surface area contributed by atoms with Crippen LogP contribution in [0.1, 0.15) is 52.9 Å². The van der Waals surface area contributed by atoms with Gasteiger partial charge >= 0.3 is 6.09 Å². The SMILES string of the molecule is C#CC(Br)C1(OC2CCN(C(=O)OC(C)(C)C)CC2)CCC1. The lowest BCUT2D eigenvalue weighted by molar-refractivity contribution is -0.144. The number of terminal acetylenes is 1. The fourth-order valence-corrected chi connectivity index (χ4v) is 3.49. The Balaban J connectivity index is 1.83. The third kappa shape index (κ3) is 4.17. The van der Waals surface area contributed by atoms with Gasteiger partial charge < -0.3 is 14.4 Å². The van der Waals surface area contributed by atoms with Gasteiger partial charge in [-0.05, 0) is 52.9 Å². The minimum Gasteiger partial charge on any atom is -0.444 e. The van der Waals surface area contributed by atoms with Gasteiger partial charge in [-0.25, -0.2) is 4.79 Å². The lowest BCUT2D eigenvalue weighted by Gasteiger charge is -2.47. The number of rotatable bonds is 3. The predicted molar refractivity (Wildman–Crippen MR) is 90.0 cm³/mol. The normalized spacial score (nSPS) is 23.3. The van der Waals surface area contributed by atoms with Crippen molar-refractivity contribution in [1.82, 2.24) is 4.90 Å². The largest absolute Gasteiger partial charge is 0.444 e. The molecule has 0 bridgehead atoms. The smallest absolute Gasteiger partial charge is 0.410 e. The van der Waals surface area contributed by atoms with Gasteiger partial charge in [-0.15, -0.1) is 6.42 Å². The summed E-state index contributed by atoms with van der Waals surface area (Å²) in [5.74, 6) is 2.76. The number of ether oxygens (including phenoxy) is 2. The summed E-state index contributed by atoms with van der Waals surface area (Å²) < 4.78 is 11.7. The molecular formula is C17H26BrNO3. The van der Waals surface area contributed by atoms with E-state index in [4.69, 9.17) is 15.9 Å². The summed E-state index contributed by atoms with van der Waals surface area (Å²) in [6.45, 7) is 7.02. The van der Waals surface area contributed by atoms with Gasteiger partial charge in [0.15, 0.2) is 0 Å². The zero-order chi connectivity index (χ0) is 16.4. The Morgan fingerprint density at radius 3 is 2.36 bits per heavy atom. The molecule has 0 aromatic heterocycles. The summed E-state index contributed by atoms with van der Waals surface area (Å²) in [5, 5.41) is 0. The molecule has 0 spiro atoms. The van der Waals surface area contributed by atoms with E-state index in [1.54, 1.807) is 4.90 Å². The molecule has 1 saturated heterocycles. The van der Waals surface area contributed by atoms with Gasteiger partial charge in [-0.2, -0.15) is 0 Å². The number of piperidine rings is 1. The molecule has 22 heavy (non-hydrogen) atoms. The van der Waals surface area contributed by atoms with Gasteiger partial charge in [-0.1, -0.05) is 21.9 Å². The monoisotopic (exact) mass is 371 g/mol. The van der Waals surface area contributed by atoms with Crippen LogP contribution in [0.25, 0.3) is 0 Å². The molecule has 4 nitrogen and oxygen atoms in total. The topological polar surface area (TPSA) is 38.8 Å². The van der Waals surface area contributed by atoms with Crippen LogP contribution >= 0.6 is 15.9 Å². The average Bonchev–Trinajstić information content (AvgIpc) is 2.40. The van der Waals surface area contributed by atoms with Crippen LogP contribution < -0.4 is 0 Å². The van der Waals surface area contributed by atoms with Gasteiger partial charge in [-0.3, -0.25) is 0 Å². The number of halogens is 1. The van der Waals surface area contributed by atoms with Crippen molar-refractivity contribution in [3.05, 3.63) is 0 Å². The first-order valence-electron chi connectivity index (χ1n) is 8.02. The first kappa shape index (κ1) is 17.6. The Kier molecular flexibility index (Phi) is 5.45. The minimum atomic E-state index is -0.448. The van der Waals surface area contributed by atoms with Crippen molar-refractivity contribution >= 4 is 22.0 Å².